The first-order valence-electron chi connectivity index (χ1n) is 7.87. The molecule has 0 radical (unpaired) electrons. The van der Waals surface area contributed by atoms with Crippen LogP contribution in [0.5, 0.6) is 5.75 Å². The minimum atomic E-state index is 0.197. The first-order chi connectivity index (χ1) is 10.2. The van der Waals surface area contributed by atoms with Crippen LogP contribution in [0.1, 0.15) is 31.7 Å². The lowest BCUT2D eigenvalue weighted by Crippen LogP contribution is -2.48. The van der Waals surface area contributed by atoms with E-state index in [4.69, 9.17) is 4.74 Å². The maximum absolute atomic E-state index is 12.5. The van der Waals surface area contributed by atoms with Crippen molar-refractivity contribution in [2.24, 2.45) is 0 Å². The summed E-state index contributed by atoms with van der Waals surface area (Å²) in [5.41, 5.74) is 0.966. The zero-order valence-corrected chi connectivity index (χ0v) is 13.1. The van der Waals surface area contributed by atoms with Crippen molar-refractivity contribution in [3.05, 3.63) is 29.8 Å². The Hall–Kier alpha value is -1.55. The first-order valence-corrected chi connectivity index (χ1v) is 7.87. The van der Waals surface area contributed by atoms with Gasteiger partial charge in [-0.2, -0.15) is 0 Å². The smallest absolute Gasteiger partial charge is 0.227 e. The van der Waals surface area contributed by atoms with Crippen molar-refractivity contribution in [2.45, 2.75) is 38.6 Å². The van der Waals surface area contributed by atoms with Gasteiger partial charge in [0.25, 0.3) is 0 Å². The van der Waals surface area contributed by atoms with Gasteiger partial charge in [0, 0.05) is 24.7 Å². The molecule has 2 rings (SSSR count). The van der Waals surface area contributed by atoms with E-state index in [1.165, 1.54) is 6.42 Å². The summed E-state index contributed by atoms with van der Waals surface area (Å²) in [7, 11) is 1.65. The van der Waals surface area contributed by atoms with Crippen LogP contribution in [0.3, 0.4) is 0 Å². The van der Waals surface area contributed by atoms with E-state index >= 15 is 0 Å². The number of likely N-dealkylation sites (tertiary alicyclic amines) is 1. The van der Waals surface area contributed by atoms with E-state index in [-0.39, 0.29) is 5.91 Å². The molecule has 0 saturated carbocycles. The predicted octanol–water partition coefficient (Wildman–Crippen LogP) is 2.23. The Morgan fingerprint density at radius 1 is 1.43 bits per heavy atom. The molecule has 1 atom stereocenters. The van der Waals surface area contributed by atoms with Gasteiger partial charge in [-0.25, -0.2) is 0 Å². The van der Waals surface area contributed by atoms with E-state index < -0.39 is 0 Å². The summed E-state index contributed by atoms with van der Waals surface area (Å²) in [6.07, 6.45) is 3.80. The number of carbonyl (C=O) groups is 1. The zero-order chi connectivity index (χ0) is 15.1. The lowest BCUT2D eigenvalue weighted by molar-refractivity contribution is -0.131. The molecule has 116 valence electrons. The molecule has 1 aromatic rings. The highest BCUT2D eigenvalue weighted by Crippen LogP contribution is 2.19. The van der Waals surface area contributed by atoms with Gasteiger partial charge < -0.3 is 15.0 Å². The number of ether oxygens (including phenoxy) is 1. The molecule has 1 aliphatic heterocycles. The van der Waals surface area contributed by atoms with Crippen molar-refractivity contribution >= 4 is 5.91 Å². The lowest BCUT2D eigenvalue weighted by Gasteiger charge is -2.33. The molecular formula is C17H26N2O2. The van der Waals surface area contributed by atoms with E-state index in [1.807, 2.05) is 29.2 Å². The number of methoxy groups -OCH3 is 1. The molecule has 1 aromatic carbocycles. The number of para-hydroxylation sites is 1. The monoisotopic (exact) mass is 290 g/mol. The van der Waals surface area contributed by atoms with E-state index in [1.54, 1.807) is 7.11 Å². The average molecular weight is 290 g/mol. The van der Waals surface area contributed by atoms with Crippen LogP contribution in [0.25, 0.3) is 0 Å². The molecule has 1 saturated heterocycles. The maximum atomic E-state index is 12.5. The van der Waals surface area contributed by atoms with Crippen LogP contribution >= 0.6 is 0 Å². The molecular weight excluding hydrogens is 264 g/mol. The molecule has 1 heterocycles. The van der Waals surface area contributed by atoms with Crippen LogP contribution in [-0.2, 0) is 11.2 Å². The van der Waals surface area contributed by atoms with Gasteiger partial charge in [-0.3, -0.25) is 4.79 Å². The highest BCUT2D eigenvalue weighted by atomic mass is 16.5. The second-order valence-electron chi connectivity index (χ2n) is 5.62. The largest absolute Gasteiger partial charge is 0.496 e. The Kier molecular flexibility index (Phi) is 6.05. The Bertz CT molecular complexity index is 462. The van der Waals surface area contributed by atoms with Gasteiger partial charge in [-0.15, -0.1) is 0 Å². The number of benzene rings is 1. The molecule has 1 unspecified atom stereocenters. The van der Waals surface area contributed by atoms with Crippen LogP contribution in [-0.4, -0.2) is 43.6 Å². The van der Waals surface area contributed by atoms with E-state index in [0.29, 0.717) is 12.5 Å². The topological polar surface area (TPSA) is 41.6 Å². The standard InChI is InChI=1S/C17H26N2O2/c1-3-10-18-15-8-6-11-19(13-15)17(20)12-14-7-4-5-9-16(14)21-2/h4-5,7,9,15,18H,3,6,8,10-13H2,1-2H3. The molecule has 0 aliphatic carbocycles. The van der Waals surface area contributed by atoms with Gasteiger partial charge in [0.1, 0.15) is 5.75 Å². The Balaban J connectivity index is 1.93. The van der Waals surface area contributed by atoms with E-state index in [0.717, 1.165) is 43.8 Å². The zero-order valence-electron chi connectivity index (χ0n) is 13.1. The van der Waals surface area contributed by atoms with Crippen molar-refractivity contribution < 1.29 is 9.53 Å². The number of nitrogens with zero attached hydrogens (tertiary/aromatic N) is 1. The van der Waals surface area contributed by atoms with Gasteiger partial charge in [-0.05, 0) is 31.9 Å². The summed E-state index contributed by atoms with van der Waals surface area (Å²) in [6, 6.07) is 8.20. The van der Waals surface area contributed by atoms with Crippen molar-refractivity contribution in [2.75, 3.05) is 26.7 Å². The number of hydrogen-bond donors (Lipinski definition) is 1. The third kappa shape index (κ3) is 4.46. The van der Waals surface area contributed by atoms with Crippen LogP contribution in [0.4, 0.5) is 0 Å². The third-order valence-corrected chi connectivity index (χ3v) is 3.99. The Morgan fingerprint density at radius 2 is 2.24 bits per heavy atom. The molecule has 0 spiro atoms. The summed E-state index contributed by atoms with van der Waals surface area (Å²) >= 11 is 0. The van der Waals surface area contributed by atoms with Crippen LogP contribution in [0.2, 0.25) is 0 Å². The summed E-state index contributed by atoms with van der Waals surface area (Å²) < 4.78 is 5.32. The Morgan fingerprint density at radius 3 is 3.00 bits per heavy atom. The van der Waals surface area contributed by atoms with Crippen molar-refractivity contribution in [3.63, 3.8) is 0 Å². The van der Waals surface area contributed by atoms with Crippen LogP contribution in [0, 0.1) is 0 Å². The fourth-order valence-electron chi connectivity index (χ4n) is 2.84. The molecule has 4 nitrogen and oxygen atoms in total. The number of piperidine rings is 1. The number of amides is 1. The third-order valence-electron chi connectivity index (χ3n) is 3.99. The summed E-state index contributed by atoms with van der Waals surface area (Å²) in [5, 5.41) is 3.52. The van der Waals surface area contributed by atoms with Crippen LogP contribution < -0.4 is 10.1 Å². The van der Waals surface area contributed by atoms with E-state index in [9.17, 15) is 4.79 Å². The summed E-state index contributed by atoms with van der Waals surface area (Å²) in [5.74, 6) is 0.992. The van der Waals surface area contributed by atoms with Crippen LogP contribution in [0.15, 0.2) is 24.3 Å². The highest BCUT2D eigenvalue weighted by Gasteiger charge is 2.23. The second kappa shape index (κ2) is 8.03. The normalized spacial score (nSPS) is 18.6. The molecule has 1 amide bonds. The lowest BCUT2D eigenvalue weighted by atomic mass is 10.0. The van der Waals surface area contributed by atoms with E-state index in [2.05, 4.69) is 12.2 Å². The number of hydrogen-bond acceptors (Lipinski definition) is 3. The minimum absolute atomic E-state index is 0.197. The second-order valence-corrected chi connectivity index (χ2v) is 5.62. The minimum Gasteiger partial charge on any atom is -0.496 e. The molecule has 21 heavy (non-hydrogen) atoms. The molecule has 0 bridgehead atoms. The SMILES string of the molecule is CCCNC1CCCN(C(=O)Cc2ccccc2OC)C1. The summed E-state index contributed by atoms with van der Waals surface area (Å²) in [4.78, 5) is 14.5. The number of nitrogens with one attached hydrogen (secondary N) is 1. The fraction of sp³-hybridized carbons (Fsp3) is 0.588. The maximum Gasteiger partial charge on any atom is 0.227 e. The van der Waals surface area contributed by atoms with Gasteiger partial charge in [-0.1, -0.05) is 25.1 Å². The molecule has 1 N–H and O–H groups in total. The summed E-state index contributed by atoms with van der Waals surface area (Å²) in [6.45, 7) is 4.89. The highest BCUT2D eigenvalue weighted by molar-refractivity contribution is 5.79. The van der Waals surface area contributed by atoms with Crippen molar-refractivity contribution in [1.82, 2.24) is 10.2 Å². The quantitative estimate of drug-likeness (QED) is 0.873. The first kappa shape index (κ1) is 15.8. The molecule has 4 heteroatoms. The van der Waals surface area contributed by atoms with Gasteiger partial charge in [0.2, 0.25) is 5.91 Å². The Labute approximate surface area is 127 Å². The average Bonchev–Trinajstić information content (AvgIpc) is 2.53. The van der Waals surface area contributed by atoms with Gasteiger partial charge >= 0.3 is 0 Å². The molecule has 0 aromatic heterocycles. The predicted molar refractivity (Wildman–Crippen MR) is 84.6 cm³/mol. The van der Waals surface area contributed by atoms with Gasteiger partial charge in [0.15, 0.2) is 0 Å². The molecule has 1 fully saturated rings. The van der Waals surface area contributed by atoms with Crippen molar-refractivity contribution in [1.29, 1.82) is 0 Å². The fourth-order valence-corrected chi connectivity index (χ4v) is 2.84. The number of rotatable bonds is 6. The number of carbonyl (C=O) groups excluding carboxylic acids is 1. The van der Waals surface area contributed by atoms with Crippen molar-refractivity contribution in [3.8, 4) is 5.75 Å². The molecule has 1 aliphatic rings. The van der Waals surface area contributed by atoms with Gasteiger partial charge in [0.05, 0.1) is 13.5 Å².